The number of aromatic nitrogens is 2. The van der Waals surface area contributed by atoms with Crippen molar-refractivity contribution < 1.29 is 0 Å². The molecule has 5 heteroatoms. The van der Waals surface area contributed by atoms with Gasteiger partial charge in [-0.2, -0.15) is 0 Å². The van der Waals surface area contributed by atoms with Gasteiger partial charge >= 0.3 is 0 Å². The monoisotopic (exact) mass is 432 g/mol. The van der Waals surface area contributed by atoms with Gasteiger partial charge in [0.1, 0.15) is 4.83 Å². The second-order valence-corrected chi connectivity index (χ2v) is 9.78. The van der Waals surface area contributed by atoms with Gasteiger partial charge in [-0.1, -0.05) is 72.4 Å². The van der Waals surface area contributed by atoms with Gasteiger partial charge in [0.2, 0.25) is 0 Å². The molecule has 0 unspecified atom stereocenters. The standard InChI is InChI=1S/C25H24N2OS2/c28-24-22-20-13-7-8-14-21(20)30-23(22)26-25(29-17-19-11-5-2-6-12-19)27(24)16-15-18-9-3-1-4-10-18/h1-6,9-12H,7-8,13-17H2. The maximum atomic E-state index is 13.6. The Hall–Kier alpha value is -2.37. The summed E-state index contributed by atoms with van der Waals surface area (Å²) in [5.74, 6) is 0.815. The molecule has 1 aliphatic rings. The minimum Gasteiger partial charge on any atom is -0.287 e. The van der Waals surface area contributed by atoms with Crippen LogP contribution in [0.3, 0.4) is 0 Å². The molecule has 0 atom stereocenters. The highest BCUT2D eigenvalue weighted by Crippen LogP contribution is 2.35. The molecule has 0 radical (unpaired) electrons. The fourth-order valence-corrected chi connectivity index (χ4v) is 6.42. The molecule has 0 amide bonds. The van der Waals surface area contributed by atoms with Crippen LogP contribution in [0, 0.1) is 0 Å². The summed E-state index contributed by atoms with van der Waals surface area (Å²) in [6.45, 7) is 0.660. The summed E-state index contributed by atoms with van der Waals surface area (Å²) in [4.78, 5) is 20.9. The molecule has 0 spiro atoms. The minimum absolute atomic E-state index is 0.144. The number of hydrogen-bond donors (Lipinski definition) is 0. The quantitative estimate of drug-likeness (QED) is 0.282. The molecule has 2 aromatic heterocycles. The van der Waals surface area contributed by atoms with Gasteiger partial charge in [0, 0.05) is 17.2 Å². The van der Waals surface area contributed by atoms with Crippen LogP contribution in [0.5, 0.6) is 0 Å². The average molecular weight is 433 g/mol. The third-order valence-corrected chi connectivity index (χ3v) is 7.95. The average Bonchev–Trinajstić information content (AvgIpc) is 3.17. The van der Waals surface area contributed by atoms with E-state index in [1.54, 1.807) is 23.1 Å². The number of thioether (sulfide) groups is 1. The summed E-state index contributed by atoms with van der Waals surface area (Å²) >= 11 is 3.40. The lowest BCUT2D eigenvalue weighted by molar-refractivity contribution is 0.595. The summed E-state index contributed by atoms with van der Waals surface area (Å²) in [7, 11) is 0. The van der Waals surface area contributed by atoms with E-state index in [0.29, 0.717) is 6.54 Å². The summed E-state index contributed by atoms with van der Waals surface area (Å²) in [5.41, 5.74) is 3.91. The van der Waals surface area contributed by atoms with E-state index in [1.807, 2.05) is 16.7 Å². The largest absolute Gasteiger partial charge is 0.287 e. The smallest absolute Gasteiger partial charge is 0.263 e. The van der Waals surface area contributed by atoms with Crippen molar-refractivity contribution in [3.8, 4) is 0 Å². The van der Waals surface area contributed by atoms with Crippen LogP contribution < -0.4 is 5.56 Å². The van der Waals surface area contributed by atoms with Crippen molar-refractivity contribution in [1.82, 2.24) is 9.55 Å². The molecule has 5 rings (SSSR count). The Balaban J connectivity index is 1.54. The Bertz CT molecular complexity index is 1210. The molecule has 2 heterocycles. The molecular formula is C25H24N2OS2. The van der Waals surface area contributed by atoms with E-state index in [2.05, 4.69) is 48.5 Å². The summed E-state index contributed by atoms with van der Waals surface area (Å²) in [6.07, 6.45) is 5.33. The Labute approximate surface area is 184 Å². The zero-order chi connectivity index (χ0) is 20.3. The predicted molar refractivity (Wildman–Crippen MR) is 127 cm³/mol. The molecule has 152 valence electrons. The van der Waals surface area contributed by atoms with Gasteiger partial charge < -0.3 is 0 Å². The van der Waals surface area contributed by atoms with Crippen molar-refractivity contribution in [3.05, 3.63) is 92.6 Å². The normalized spacial score (nSPS) is 13.5. The zero-order valence-electron chi connectivity index (χ0n) is 16.8. The first-order valence-electron chi connectivity index (χ1n) is 10.6. The van der Waals surface area contributed by atoms with Gasteiger partial charge in [0.15, 0.2) is 5.16 Å². The minimum atomic E-state index is 0.144. The molecule has 0 bridgehead atoms. The molecule has 30 heavy (non-hydrogen) atoms. The first kappa shape index (κ1) is 19.6. The lowest BCUT2D eigenvalue weighted by Crippen LogP contribution is -2.24. The number of benzene rings is 2. The number of fused-ring (bicyclic) bond motifs is 3. The summed E-state index contributed by atoms with van der Waals surface area (Å²) in [6, 6.07) is 20.8. The highest BCUT2D eigenvalue weighted by atomic mass is 32.2. The summed E-state index contributed by atoms with van der Waals surface area (Å²) < 4.78 is 1.92. The van der Waals surface area contributed by atoms with Crippen LogP contribution in [-0.4, -0.2) is 9.55 Å². The zero-order valence-corrected chi connectivity index (χ0v) is 18.5. The Morgan fingerprint density at radius 3 is 2.40 bits per heavy atom. The SMILES string of the molecule is O=c1c2c3c(sc2nc(SCc2ccccc2)n1CCc1ccccc1)CCCC3. The van der Waals surface area contributed by atoms with Crippen LogP contribution in [-0.2, 0) is 31.6 Å². The van der Waals surface area contributed by atoms with Crippen LogP contribution in [0.25, 0.3) is 10.2 Å². The molecular weight excluding hydrogens is 408 g/mol. The Kier molecular flexibility index (Phi) is 5.73. The third-order valence-electron chi connectivity index (χ3n) is 5.72. The van der Waals surface area contributed by atoms with Crippen molar-refractivity contribution in [1.29, 1.82) is 0 Å². The van der Waals surface area contributed by atoms with E-state index < -0.39 is 0 Å². The topological polar surface area (TPSA) is 34.9 Å². The highest BCUT2D eigenvalue weighted by molar-refractivity contribution is 7.98. The molecule has 0 saturated heterocycles. The molecule has 2 aromatic carbocycles. The van der Waals surface area contributed by atoms with Crippen molar-refractivity contribution >= 4 is 33.3 Å². The number of thiophene rings is 1. The van der Waals surface area contributed by atoms with Crippen molar-refractivity contribution in [2.24, 2.45) is 0 Å². The van der Waals surface area contributed by atoms with Gasteiger partial charge in [-0.3, -0.25) is 9.36 Å². The van der Waals surface area contributed by atoms with Gasteiger partial charge in [-0.25, -0.2) is 4.98 Å². The van der Waals surface area contributed by atoms with E-state index in [0.717, 1.165) is 40.4 Å². The highest BCUT2D eigenvalue weighted by Gasteiger charge is 2.22. The number of rotatable bonds is 6. The molecule has 0 saturated carbocycles. The van der Waals surface area contributed by atoms with Crippen LogP contribution in [0.15, 0.2) is 70.6 Å². The number of aryl methyl sites for hydroxylation is 3. The second kappa shape index (κ2) is 8.78. The van der Waals surface area contributed by atoms with Crippen LogP contribution in [0.4, 0.5) is 0 Å². The maximum Gasteiger partial charge on any atom is 0.263 e. The molecule has 1 aliphatic carbocycles. The van der Waals surface area contributed by atoms with E-state index in [-0.39, 0.29) is 5.56 Å². The van der Waals surface area contributed by atoms with Gasteiger partial charge in [0.25, 0.3) is 5.56 Å². The van der Waals surface area contributed by atoms with E-state index >= 15 is 0 Å². The van der Waals surface area contributed by atoms with Gasteiger partial charge in [-0.05, 0) is 48.8 Å². The Morgan fingerprint density at radius 2 is 1.63 bits per heavy atom. The fraction of sp³-hybridized carbons (Fsp3) is 0.280. The molecule has 3 nitrogen and oxygen atoms in total. The van der Waals surface area contributed by atoms with Crippen LogP contribution in [0.2, 0.25) is 0 Å². The molecule has 0 fully saturated rings. The maximum absolute atomic E-state index is 13.6. The van der Waals surface area contributed by atoms with E-state index in [9.17, 15) is 4.79 Å². The van der Waals surface area contributed by atoms with Crippen molar-refractivity contribution in [2.75, 3.05) is 0 Å². The number of nitrogens with zero attached hydrogens (tertiary/aromatic N) is 2. The van der Waals surface area contributed by atoms with Crippen molar-refractivity contribution in [3.63, 3.8) is 0 Å². The Morgan fingerprint density at radius 1 is 0.933 bits per heavy atom. The fourth-order valence-electron chi connectivity index (χ4n) is 4.13. The number of hydrogen-bond acceptors (Lipinski definition) is 4. The first-order valence-corrected chi connectivity index (χ1v) is 12.4. The summed E-state index contributed by atoms with van der Waals surface area (Å²) in [5, 5.41) is 1.72. The molecule has 4 aromatic rings. The first-order chi connectivity index (χ1) is 14.8. The second-order valence-electron chi connectivity index (χ2n) is 7.75. The van der Waals surface area contributed by atoms with E-state index in [4.69, 9.17) is 4.98 Å². The van der Waals surface area contributed by atoms with Gasteiger partial charge in [0.05, 0.1) is 5.39 Å². The lowest BCUT2D eigenvalue weighted by Gasteiger charge is -2.14. The lowest BCUT2D eigenvalue weighted by atomic mass is 9.97. The van der Waals surface area contributed by atoms with Crippen LogP contribution in [0.1, 0.15) is 34.4 Å². The van der Waals surface area contributed by atoms with Gasteiger partial charge in [-0.15, -0.1) is 11.3 Å². The predicted octanol–water partition coefficient (Wildman–Crippen LogP) is 5.87. The van der Waals surface area contributed by atoms with Crippen molar-refractivity contribution in [2.45, 2.75) is 49.6 Å². The van der Waals surface area contributed by atoms with E-state index in [1.165, 1.54) is 34.4 Å². The van der Waals surface area contributed by atoms with Crippen LogP contribution >= 0.6 is 23.1 Å². The third kappa shape index (κ3) is 3.96. The molecule has 0 aliphatic heterocycles. The molecule has 0 N–H and O–H groups in total.